The van der Waals surface area contributed by atoms with Crippen molar-refractivity contribution >= 4 is 10.9 Å². The molecule has 2 aromatic rings. The van der Waals surface area contributed by atoms with Gasteiger partial charge in [0.25, 0.3) is 0 Å². The molecule has 110 valence electrons. The van der Waals surface area contributed by atoms with Crippen LogP contribution in [-0.4, -0.2) is 23.9 Å². The molecule has 0 aliphatic heterocycles. The Morgan fingerprint density at radius 3 is 2.70 bits per heavy atom. The van der Waals surface area contributed by atoms with Gasteiger partial charge in [-0.3, -0.25) is 0 Å². The highest BCUT2D eigenvalue weighted by Crippen LogP contribution is 2.22. The monoisotopic (exact) mass is 286 g/mol. The number of para-hydroxylation sites is 1. The van der Waals surface area contributed by atoms with E-state index < -0.39 is 12.8 Å². The third-order valence-corrected chi connectivity index (χ3v) is 2.93. The van der Waals surface area contributed by atoms with Gasteiger partial charge in [-0.1, -0.05) is 25.1 Å². The van der Waals surface area contributed by atoms with Crippen molar-refractivity contribution in [1.29, 1.82) is 0 Å². The average molecular weight is 286 g/mol. The zero-order chi connectivity index (χ0) is 14.6. The Morgan fingerprint density at radius 1 is 1.25 bits per heavy atom. The van der Waals surface area contributed by atoms with Crippen molar-refractivity contribution in [3.63, 3.8) is 0 Å². The summed E-state index contributed by atoms with van der Waals surface area (Å²) in [5, 5.41) is 4.25. The molecule has 0 saturated carbocycles. The molecule has 0 spiro atoms. The summed E-state index contributed by atoms with van der Waals surface area (Å²) in [6, 6.07) is 7.61. The van der Waals surface area contributed by atoms with Crippen molar-refractivity contribution < 1.29 is 17.9 Å². The Labute approximate surface area is 115 Å². The molecule has 0 fully saturated rings. The first kappa shape index (κ1) is 14.9. The van der Waals surface area contributed by atoms with Crippen LogP contribution in [0.5, 0.6) is 0 Å². The Hall–Kier alpha value is -1.53. The molecule has 6 heteroatoms. The van der Waals surface area contributed by atoms with Crippen molar-refractivity contribution in [3.05, 3.63) is 36.0 Å². The quantitative estimate of drug-likeness (QED) is 0.882. The second-order valence-electron chi connectivity index (χ2n) is 4.51. The van der Waals surface area contributed by atoms with Crippen LogP contribution in [0.3, 0.4) is 0 Å². The maximum absolute atomic E-state index is 12.1. The second kappa shape index (κ2) is 6.28. The fraction of sp³-hybridized carbons (Fsp3) is 0.429. The van der Waals surface area contributed by atoms with E-state index in [-0.39, 0.29) is 6.73 Å². The van der Waals surface area contributed by atoms with Gasteiger partial charge in [0, 0.05) is 18.1 Å². The van der Waals surface area contributed by atoms with Gasteiger partial charge in [-0.15, -0.1) is 0 Å². The van der Waals surface area contributed by atoms with Crippen LogP contribution in [0.4, 0.5) is 13.2 Å². The van der Waals surface area contributed by atoms with Crippen LogP contribution in [0.2, 0.25) is 0 Å². The number of benzene rings is 1. The van der Waals surface area contributed by atoms with Crippen molar-refractivity contribution in [2.45, 2.75) is 26.4 Å². The molecule has 0 atom stereocenters. The molecule has 0 amide bonds. The van der Waals surface area contributed by atoms with E-state index in [1.54, 1.807) is 4.57 Å². The van der Waals surface area contributed by atoms with Crippen LogP contribution >= 0.6 is 0 Å². The summed E-state index contributed by atoms with van der Waals surface area (Å²) in [6.07, 6.45) is -2.46. The number of ether oxygens (including phenoxy) is 1. The molecule has 0 saturated heterocycles. The first-order valence-electron chi connectivity index (χ1n) is 6.43. The van der Waals surface area contributed by atoms with E-state index >= 15 is 0 Å². The number of alkyl halides is 3. The van der Waals surface area contributed by atoms with E-state index in [9.17, 15) is 13.2 Å². The first-order chi connectivity index (χ1) is 9.51. The molecule has 0 bridgehead atoms. The van der Waals surface area contributed by atoms with Crippen LogP contribution in [0, 0.1) is 0 Å². The summed E-state index contributed by atoms with van der Waals surface area (Å²) >= 11 is 0. The average Bonchev–Trinajstić information content (AvgIpc) is 2.74. The Kier molecular flexibility index (Phi) is 4.67. The minimum Gasteiger partial charge on any atom is -0.351 e. The van der Waals surface area contributed by atoms with Gasteiger partial charge in [-0.25, -0.2) is 0 Å². The van der Waals surface area contributed by atoms with Gasteiger partial charge in [0.05, 0.1) is 5.52 Å². The van der Waals surface area contributed by atoms with Gasteiger partial charge < -0.3 is 14.6 Å². The molecule has 3 nitrogen and oxygen atoms in total. The van der Waals surface area contributed by atoms with Crippen molar-refractivity contribution in [3.8, 4) is 0 Å². The number of rotatable bonds is 6. The number of hydrogen-bond donors (Lipinski definition) is 1. The second-order valence-corrected chi connectivity index (χ2v) is 4.51. The fourth-order valence-electron chi connectivity index (χ4n) is 2.09. The lowest BCUT2D eigenvalue weighted by Crippen LogP contribution is -2.18. The molecule has 1 heterocycles. The van der Waals surface area contributed by atoms with Crippen LogP contribution < -0.4 is 5.32 Å². The molecule has 0 unspecified atom stereocenters. The molecular formula is C14H17F3N2O. The normalized spacial score (nSPS) is 12.2. The van der Waals surface area contributed by atoms with Crippen LogP contribution in [0.25, 0.3) is 10.9 Å². The zero-order valence-corrected chi connectivity index (χ0v) is 11.2. The number of halogens is 3. The summed E-state index contributed by atoms with van der Waals surface area (Å²) in [7, 11) is 0. The Morgan fingerprint density at radius 2 is 2.00 bits per heavy atom. The topological polar surface area (TPSA) is 26.2 Å². The van der Waals surface area contributed by atoms with Gasteiger partial charge in [0.15, 0.2) is 0 Å². The smallest absolute Gasteiger partial charge is 0.351 e. The summed E-state index contributed by atoms with van der Waals surface area (Å²) in [5.41, 5.74) is 1.93. The van der Waals surface area contributed by atoms with Gasteiger partial charge in [0.2, 0.25) is 0 Å². The summed E-state index contributed by atoms with van der Waals surface area (Å²) in [5.74, 6) is 0. The summed E-state index contributed by atoms with van der Waals surface area (Å²) in [4.78, 5) is 0. The van der Waals surface area contributed by atoms with E-state index in [4.69, 9.17) is 4.74 Å². The lowest BCUT2D eigenvalue weighted by atomic mass is 10.2. The molecule has 2 rings (SSSR count). The largest absolute Gasteiger partial charge is 0.411 e. The number of nitrogens with zero attached hydrogens (tertiary/aromatic N) is 1. The fourth-order valence-corrected chi connectivity index (χ4v) is 2.09. The van der Waals surface area contributed by atoms with Crippen molar-refractivity contribution in [2.24, 2.45) is 0 Å². The first-order valence-corrected chi connectivity index (χ1v) is 6.43. The summed E-state index contributed by atoms with van der Waals surface area (Å²) in [6.45, 7) is 2.19. The van der Waals surface area contributed by atoms with E-state index in [0.717, 1.165) is 23.0 Å². The van der Waals surface area contributed by atoms with Crippen molar-refractivity contribution in [2.75, 3.05) is 13.2 Å². The third-order valence-electron chi connectivity index (χ3n) is 2.93. The van der Waals surface area contributed by atoms with Crippen LogP contribution in [0.15, 0.2) is 30.5 Å². The van der Waals surface area contributed by atoms with E-state index in [2.05, 4.69) is 5.32 Å². The van der Waals surface area contributed by atoms with E-state index in [1.807, 2.05) is 37.4 Å². The minimum atomic E-state index is -4.30. The maximum atomic E-state index is 12.1. The predicted octanol–water partition coefficient (Wildman–Crippen LogP) is 3.29. The van der Waals surface area contributed by atoms with Crippen molar-refractivity contribution in [1.82, 2.24) is 9.88 Å². The molecular weight excluding hydrogens is 269 g/mol. The van der Waals surface area contributed by atoms with E-state index in [1.165, 1.54) is 0 Å². The lowest BCUT2D eigenvalue weighted by molar-refractivity contribution is -0.181. The standard InChI is InChI=1S/C14H17F3N2O/c1-2-18-7-11-8-19(10-20-9-14(15,16)17)13-6-4-3-5-12(11)13/h3-6,8,18H,2,7,9-10H2,1H3. The molecule has 0 radical (unpaired) electrons. The SMILES string of the molecule is CCNCc1cn(COCC(F)(F)F)c2ccccc12. The number of aromatic nitrogens is 1. The predicted molar refractivity (Wildman–Crippen MR) is 71.3 cm³/mol. The van der Waals surface area contributed by atoms with Crippen LogP contribution in [-0.2, 0) is 18.0 Å². The summed E-state index contributed by atoms with van der Waals surface area (Å²) < 4.78 is 42.7. The Balaban J connectivity index is 2.16. The highest BCUT2D eigenvalue weighted by Gasteiger charge is 2.27. The minimum absolute atomic E-state index is 0.105. The lowest BCUT2D eigenvalue weighted by Gasteiger charge is -2.09. The number of fused-ring (bicyclic) bond motifs is 1. The van der Waals surface area contributed by atoms with Gasteiger partial charge in [0.1, 0.15) is 13.3 Å². The highest BCUT2D eigenvalue weighted by atomic mass is 19.4. The third kappa shape index (κ3) is 3.74. The molecule has 0 aliphatic rings. The highest BCUT2D eigenvalue weighted by molar-refractivity contribution is 5.83. The number of hydrogen-bond acceptors (Lipinski definition) is 2. The molecule has 20 heavy (non-hydrogen) atoms. The van der Waals surface area contributed by atoms with E-state index in [0.29, 0.717) is 6.54 Å². The van der Waals surface area contributed by atoms with Crippen LogP contribution in [0.1, 0.15) is 12.5 Å². The van der Waals surface area contributed by atoms with Gasteiger partial charge in [-0.2, -0.15) is 13.2 Å². The molecule has 1 aromatic carbocycles. The number of nitrogens with one attached hydrogen (secondary N) is 1. The molecule has 1 aromatic heterocycles. The Bertz CT molecular complexity index is 563. The molecule has 1 N–H and O–H groups in total. The molecule has 0 aliphatic carbocycles. The van der Waals surface area contributed by atoms with Gasteiger partial charge >= 0.3 is 6.18 Å². The zero-order valence-electron chi connectivity index (χ0n) is 11.2. The maximum Gasteiger partial charge on any atom is 0.411 e. The van der Waals surface area contributed by atoms with Gasteiger partial charge in [-0.05, 0) is 18.2 Å².